The van der Waals surface area contributed by atoms with Crippen LogP contribution in [-0.2, 0) is 12.7 Å². The van der Waals surface area contributed by atoms with Crippen molar-refractivity contribution in [3.63, 3.8) is 0 Å². The zero-order valence-corrected chi connectivity index (χ0v) is 18.8. The molecule has 11 heteroatoms. The number of alkyl halides is 3. The van der Waals surface area contributed by atoms with E-state index in [2.05, 4.69) is 15.0 Å². The van der Waals surface area contributed by atoms with Crippen LogP contribution in [0.3, 0.4) is 0 Å². The maximum Gasteiger partial charge on any atom is 0.417 e. The van der Waals surface area contributed by atoms with Gasteiger partial charge < -0.3 is 14.4 Å². The highest BCUT2D eigenvalue weighted by molar-refractivity contribution is 5.92. The minimum Gasteiger partial charge on any atom is -0.478 e. The van der Waals surface area contributed by atoms with E-state index < -0.39 is 11.7 Å². The van der Waals surface area contributed by atoms with Crippen molar-refractivity contribution in [3.8, 4) is 11.8 Å². The van der Waals surface area contributed by atoms with Crippen LogP contribution < -0.4 is 9.47 Å². The molecule has 0 radical (unpaired) electrons. The first-order valence-electron chi connectivity index (χ1n) is 11.8. The molecule has 5 rings (SSSR count). The summed E-state index contributed by atoms with van der Waals surface area (Å²) in [7, 11) is 0. The summed E-state index contributed by atoms with van der Waals surface area (Å²) in [6.07, 6.45) is 0.648. The number of pyridine rings is 1. The number of rotatable bonds is 4. The first-order chi connectivity index (χ1) is 16.4. The molecule has 0 bridgehead atoms. The number of likely N-dealkylation sites (tertiary alicyclic amines) is 2. The van der Waals surface area contributed by atoms with E-state index in [4.69, 9.17) is 9.47 Å². The van der Waals surface area contributed by atoms with Crippen LogP contribution in [-0.4, -0.2) is 75.4 Å². The van der Waals surface area contributed by atoms with Crippen LogP contribution in [0.5, 0.6) is 11.8 Å². The fourth-order valence-electron chi connectivity index (χ4n) is 4.91. The Labute approximate surface area is 195 Å². The van der Waals surface area contributed by atoms with Gasteiger partial charge in [0.1, 0.15) is 6.10 Å². The van der Waals surface area contributed by atoms with E-state index in [1.807, 2.05) is 4.90 Å². The van der Waals surface area contributed by atoms with Gasteiger partial charge in [-0.15, -0.1) is 0 Å². The minimum absolute atomic E-state index is 0.0416. The molecule has 0 aromatic carbocycles. The quantitative estimate of drug-likeness (QED) is 0.671. The second kappa shape index (κ2) is 9.44. The Bertz CT molecular complexity index is 971. The molecule has 34 heavy (non-hydrogen) atoms. The largest absolute Gasteiger partial charge is 0.478 e. The normalized spacial score (nSPS) is 20.6. The molecule has 184 valence electrons. The molecule has 5 heterocycles. The van der Waals surface area contributed by atoms with Crippen molar-refractivity contribution in [1.82, 2.24) is 24.6 Å². The van der Waals surface area contributed by atoms with Crippen LogP contribution in [0.15, 0.2) is 24.4 Å². The van der Waals surface area contributed by atoms with Crippen molar-refractivity contribution >= 4 is 5.91 Å². The molecule has 2 aromatic heterocycles. The zero-order valence-electron chi connectivity index (χ0n) is 18.8. The zero-order chi connectivity index (χ0) is 23.7. The molecule has 8 nitrogen and oxygen atoms in total. The van der Waals surface area contributed by atoms with Gasteiger partial charge in [-0.3, -0.25) is 9.69 Å². The number of aromatic nitrogens is 3. The molecule has 2 saturated heterocycles. The van der Waals surface area contributed by atoms with Gasteiger partial charge in [0.05, 0.1) is 12.2 Å². The van der Waals surface area contributed by atoms with Gasteiger partial charge in [-0.1, -0.05) is 0 Å². The molecule has 0 atom stereocenters. The number of amides is 1. The molecule has 0 unspecified atom stereocenters. The van der Waals surface area contributed by atoms with E-state index in [1.54, 1.807) is 10.7 Å². The molecule has 0 saturated carbocycles. The van der Waals surface area contributed by atoms with Crippen molar-refractivity contribution in [2.24, 2.45) is 0 Å². The second-order valence-electron chi connectivity index (χ2n) is 9.05. The number of carbonyl (C=O) groups is 1. The summed E-state index contributed by atoms with van der Waals surface area (Å²) < 4.78 is 51.2. The topological polar surface area (TPSA) is 72.7 Å². The van der Waals surface area contributed by atoms with Crippen molar-refractivity contribution < 1.29 is 27.4 Å². The monoisotopic (exact) mass is 479 g/mol. The highest BCUT2D eigenvalue weighted by Gasteiger charge is 2.33. The number of hydrogen-bond acceptors (Lipinski definition) is 6. The van der Waals surface area contributed by atoms with E-state index in [0.29, 0.717) is 37.3 Å². The van der Waals surface area contributed by atoms with E-state index >= 15 is 0 Å². The van der Waals surface area contributed by atoms with Crippen molar-refractivity contribution in [2.75, 3.05) is 32.8 Å². The molecule has 0 spiro atoms. The van der Waals surface area contributed by atoms with Crippen molar-refractivity contribution in [1.29, 1.82) is 0 Å². The Morgan fingerprint density at radius 3 is 2.47 bits per heavy atom. The molecular weight excluding hydrogens is 451 g/mol. The summed E-state index contributed by atoms with van der Waals surface area (Å²) in [6.45, 7) is 4.54. The average molecular weight is 480 g/mol. The first-order valence-corrected chi connectivity index (χ1v) is 11.8. The highest BCUT2D eigenvalue weighted by Crippen LogP contribution is 2.30. The molecule has 3 aliphatic heterocycles. The Hall–Kier alpha value is -2.82. The second-order valence-corrected chi connectivity index (χ2v) is 9.05. The Kier molecular flexibility index (Phi) is 6.37. The van der Waals surface area contributed by atoms with Gasteiger partial charge in [0.25, 0.3) is 5.91 Å². The lowest BCUT2D eigenvalue weighted by Crippen LogP contribution is -2.50. The summed E-state index contributed by atoms with van der Waals surface area (Å²) >= 11 is 0. The summed E-state index contributed by atoms with van der Waals surface area (Å²) in [6, 6.07) is 4.43. The molecule has 3 aliphatic rings. The third kappa shape index (κ3) is 4.98. The van der Waals surface area contributed by atoms with Gasteiger partial charge in [0.2, 0.25) is 11.8 Å². The SMILES string of the molecule is O=C(c1cc2n(n1)CCCO2)N1CCC(N2CCC(Oc3ccc(C(F)(F)F)cn3)CC2)CC1. The van der Waals surface area contributed by atoms with Gasteiger partial charge in [0.15, 0.2) is 5.69 Å². The fraction of sp³-hybridized carbons (Fsp3) is 0.609. The minimum atomic E-state index is -4.40. The van der Waals surface area contributed by atoms with Crippen LogP contribution >= 0.6 is 0 Å². The van der Waals surface area contributed by atoms with Gasteiger partial charge in [-0.05, 0) is 31.7 Å². The average Bonchev–Trinajstić information content (AvgIpc) is 3.28. The van der Waals surface area contributed by atoms with Gasteiger partial charge >= 0.3 is 6.18 Å². The standard InChI is InChI=1S/C23H28F3N5O3/c24-23(25,26)16-2-3-20(27-15-16)34-18-6-11-29(12-7-18)17-4-9-30(10-5-17)22(32)19-14-21-31(28-19)8-1-13-33-21/h2-3,14-15,17-18H,1,4-13H2. The predicted octanol–water partition coefficient (Wildman–Crippen LogP) is 3.23. The number of fused-ring (bicyclic) bond motifs is 1. The summed E-state index contributed by atoms with van der Waals surface area (Å²) in [5.41, 5.74) is -0.328. The Balaban J connectivity index is 1.07. The first kappa shape index (κ1) is 22.9. The molecule has 2 aromatic rings. The molecule has 0 N–H and O–H groups in total. The van der Waals surface area contributed by atoms with Crippen molar-refractivity contribution in [2.45, 2.75) is 57.0 Å². The highest BCUT2D eigenvalue weighted by atomic mass is 19.4. The number of aryl methyl sites for hydroxylation is 1. The number of carbonyl (C=O) groups excluding carboxylic acids is 1. The number of hydrogen-bond donors (Lipinski definition) is 0. The van der Waals surface area contributed by atoms with Crippen LogP contribution in [0, 0.1) is 0 Å². The van der Waals surface area contributed by atoms with E-state index in [0.717, 1.165) is 64.0 Å². The van der Waals surface area contributed by atoms with E-state index in [-0.39, 0.29) is 17.9 Å². The predicted molar refractivity (Wildman–Crippen MR) is 116 cm³/mol. The number of ether oxygens (including phenoxy) is 2. The lowest BCUT2D eigenvalue weighted by Gasteiger charge is -2.41. The summed E-state index contributed by atoms with van der Waals surface area (Å²) in [4.78, 5) is 21.0. The lowest BCUT2D eigenvalue weighted by molar-refractivity contribution is -0.137. The van der Waals surface area contributed by atoms with Crippen LogP contribution in [0.2, 0.25) is 0 Å². The maximum absolute atomic E-state index is 12.9. The molecule has 0 aliphatic carbocycles. The fourth-order valence-corrected chi connectivity index (χ4v) is 4.91. The lowest BCUT2D eigenvalue weighted by atomic mass is 9.98. The third-order valence-corrected chi connectivity index (χ3v) is 6.82. The van der Waals surface area contributed by atoms with Crippen LogP contribution in [0.4, 0.5) is 13.2 Å². The van der Waals surface area contributed by atoms with Gasteiger partial charge in [0, 0.05) is 63.5 Å². The molecular formula is C23H28F3N5O3. The smallest absolute Gasteiger partial charge is 0.417 e. The number of halogens is 3. The Morgan fingerprint density at radius 2 is 1.82 bits per heavy atom. The summed E-state index contributed by atoms with van der Waals surface area (Å²) in [5.74, 6) is 0.853. The summed E-state index contributed by atoms with van der Waals surface area (Å²) in [5, 5.41) is 4.41. The Morgan fingerprint density at radius 1 is 1.06 bits per heavy atom. The maximum atomic E-state index is 12.9. The third-order valence-electron chi connectivity index (χ3n) is 6.82. The van der Waals surface area contributed by atoms with Gasteiger partial charge in [-0.2, -0.15) is 18.3 Å². The number of nitrogens with zero attached hydrogens (tertiary/aromatic N) is 5. The van der Waals surface area contributed by atoms with Crippen LogP contribution in [0.1, 0.15) is 48.2 Å². The van der Waals surface area contributed by atoms with E-state index in [1.165, 1.54) is 6.07 Å². The molecule has 2 fully saturated rings. The molecule has 1 amide bonds. The van der Waals surface area contributed by atoms with Gasteiger partial charge in [-0.25, -0.2) is 9.67 Å². The van der Waals surface area contributed by atoms with E-state index in [9.17, 15) is 18.0 Å². The number of piperidine rings is 2. The van der Waals surface area contributed by atoms with Crippen LogP contribution in [0.25, 0.3) is 0 Å². The van der Waals surface area contributed by atoms with Crippen molar-refractivity contribution in [3.05, 3.63) is 35.7 Å².